The molecule has 2 fully saturated rings. The van der Waals surface area contributed by atoms with E-state index in [9.17, 15) is 13.2 Å². The third-order valence-corrected chi connectivity index (χ3v) is 3.55. The predicted octanol–water partition coefficient (Wildman–Crippen LogP) is 2.16. The van der Waals surface area contributed by atoms with Crippen LogP contribution in [0, 0.1) is 5.92 Å². The molecule has 0 radical (unpaired) electrons. The number of rotatable bonds is 5. The summed E-state index contributed by atoms with van der Waals surface area (Å²) in [5, 5.41) is 0. The Balaban J connectivity index is 1.92. The molecule has 2 aliphatic carbocycles. The first kappa shape index (κ1) is 13.4. The number of nitrogens with zero attached hydrogens (tertiary/aromatic N) is 3. The molecular formula is C12H16F3N5. The molecule has 110 valence electrons. The van der Waals surface area contributed by atoms with E-state index < -0.39 is 12.0 Å². The smallest absolute Gasteiger partial charge is 0.353 e. The highest BCUT2D eigenvalue weighted by Crippen LogP contribution is 2.38. The molecule has 3 rings (SSSR count). The Morgan fingerprint density at radius 1 is 1.25 bits per heavy atom. The number of hydrogen-bond donors (Lipinski definition) is 2. The van der Waals surface area contributed by atoms with Crippen LogP contribution >= 0.6 is 0 Å². The van der Waals surface area contributed by atoms with Crippen molar-refractivity contribution in [3.63, 3.8) is 0 Å². The molecule has 0 spiro atoms. The van der Waals surface area contributed by atoms with Gasteiger partial charge >= 0.3 is 6.18 Å². The van der Waals surface area contributed by atoms with Crippen LogP contribution in [0.1, 0.15) is 31.5 Å². The maximum atomic E-state index is 12.8. The van der Waals surface area contributed by atoms with E-state index >= 15 is 0 Å². The lowest BCUT2D eigenvalue weighted by molar-refractivity contribution is -0.144. The van der Waals surface area contributed by atoms with Crippen LogP contribution in [0.3, 0.4) is 0 Å². The van der Waals surface area contributed by atoms with Crippen LogP contribution in [0.15, 0.2) is 6.07 Å². The van der Waals surface area contributed by atoms with Gasteiger partial charge in [0.25, 0.3) is 0 Å². The average molecular weight is 287 g/mol. The van der Waals surface area contributed by atoms with Crippen LogP contribution in [-0.2, 0) is 6.18 Å². The monoisotopic (exact) mass is 287 g/mol. The minimum atomic E-state index is -4.57. The second-order valence-corrected chi connectivity index (χ2v) is 5.40. The zero-order valence-corrected chi connectivity index (χ0v) is 10.8. The Hall–Kier alpha value is -1.57. The van der Waals surface area contributed by atoms with Crippen LogP contribution in [-0.4, -0.2) is 22.6 Å². The summed E-state index contributed by atoms with van der Waals surface area (Å²) in [6, 6.07) is 1.79. The van der Waals surface area contributed by atoms with Crippen LogP contribution in [0.25, 0.3) is 0 Å². The van der Waals surface area contributed by atoms with E-state index in [2.05, 4.69) is 15.4 Å². The lowest BCUT2D eigenvalue weighted by Crippen LogP contribution is -2.30. The molecule has 2 aliphatic rings. The molecule has 0 saturated heterocycles. The van der Waals surface area contributed by atoms with Crippen molar-refractivity contribution < 1.29 is 13.2 Å². The molecule has 1 aromatic rings. The molecule has 1 aromatic heterocycles. The number of hydrazine groups is 1. The van der Waals surface area contributed by atoms with Gasteiger partial charge in [-0.25, -0.2) is 15.8 Å². The van der Waals surface area contributed by atoms with Gasteiger partial charge in [-0.15, -0.1) is 0 Å². The second-order valence-electron chi connectivity index (χ2n) is 5.40. The highest BCUT2D eigenvalue weighted by Gasteiger charge is 2.38. The topological polar surface area (TPSA) is 67.1 Å². The van der Waals surface area contributed by atoms with Crippen molar-refractivity contribution >= 4 is 11.6 Å². The first-order chi connectivity index (χ1) is 9.47. The predicted molar refractivity (Wildman–Crippen MR) is 67.9 cm³/mol. The molecule has 2 saturated carbocycles. The Bertz CT molecular complexity index is 496. The molecule has 8 heteroatoms. The fraction of sp³-hybridized carbons (Fsp3) is 0.667. The molecule has 0 aliphatic heterocycles. The molecular weight excluding hydrogens is 271 g/mol. The summed E-state index contributed by atoms with van der Waals surface area (Å²) in [4.78, 5) is 9.04. The zero-order valence-electron chi connectivity index (χ0n) is 10.8. The van der Waals surface area contributed by atoms with E-state index in [0.29, 0.717) is 17.8 Å². The first-order valence-corrected chi connectivity index (χ1v) is 6.67. The van der Waals surface area contributed by atoms with Crippen LogP contribution in [0.4, 0.5) is 24.8 Å². The van der Waals surface area contributed by atoms with Gasteiger partial charge in [-0.1, -0.05) is 0 Å². The van der Waals surface area contributed by atoms with Gasteiger partial charge in [-0.2, -0.15) is 13.2 Å². The lowest BCUT2D eigenvalue weighted by Gasteiger charge is -2.24. The average Bonchev–Trinajstić information content (AvgIpc) is 3.26. The standard InChI is InChI=1S/C12H16F3N5/c13-12(14,15)11-17-9(19-16)5-10(18-11)20(8-3-4-8)6-7-1-2-7/h5,7-8H,1-4,6,16H2,(H,17,18,19). The third kappa shape index (κ3) is 2.95. The van der Waals surface area contributed by atoms with Crippen LogP contribution < -0.4 is 16.2 Å². The number of nitrogens with two attached hydrogens (primary N) is 1. The zero-order chi connectivity index (χ0) is 14.3. The van der Waals surface area contributed by atoms with E-state index in [-0.39, 0.29) is 5.82 Å². The van der Waals surface area contributed by atoms with Crippen molar-refractivity contribution in [1.82, 2.24) is 9.97 Å². The number of hydrogen-bond acceptors (Lipinski definition) is 5. The minimum absolute atomic E-state index is 0.0104. The van der Waals surface area contributed by atoms with Crippen LogP contribution in [0.2, 0.25) is 0 Å². The number of nitrogen functional groups attached to an aromatic ring is 1. The van der Waals surface area contributed by atoms with Gasteiger partial charge in [-0.05, 0) is 31.6 Å². The van der Waals surface area contributed by atoms with Crippen molar-refractivity contribution in [2.45, 2.75) is 37.9 Å². The van der Waals surface area contributed by atoms with Crippen molar-refractivity contribution in [2.24, 2.45) is 11.8 Å². The molecule has 0 amide bonds. The Kier molecular flexibility index (Phi) is 3.19. The normalized spacial score (nSPS) is 19.0. The fourth-order valence-electron chi connectivity index (χ4n) is 2.18. The third-order valence-electron chi connectivity index (χ3n) is 3.55. The maximum absolute atomic E-state index is 12.8. The first-order valence-electron chi connectivity index (χ1n) is 6.67. The van der Waals surface area contributed by atoms with Gasteiger partial charge < -0.3 is 10.3 Å². The minimum Gasteiger partial charge on any atom is -0.353 e. The van der Waals surface area contributed by atoms with E-state index in [1.54, 1.807) is 0 Å². The van der Waals surface area contributed by atoms with E-state index in [4.69, 9.17) is 5.84 Å². The molecule has 20 heavy (non-hydrogen) atoms. The van der Waals surface area contributed by atoms with Gasteiger partial charge in [0.15, 0.2) is 0 Å². The largest absolute Gasteiger partial charge is 0.451 e. The van der Waals surface area contributed by atoms with E-state index in [1.165, 1.54) is 6.07 Å². The number of anilines is 2. The molecule has 5 nitrogen and oxygen atoms in total. The van der Waals surface area contributed by atoms with Gasteiger partial charge in [0.05, 0.1) is 0 Å². The van der Waals surface area contributed by atoms with Gasteiger partial charge in [0.1, 0.15) is 11.6 Å². The number of aromatic nitrogens is 2. The molecule has 0 aromatic carbocycles. The molecule has 0 bridgehead atoms. The second kappa shape index (κ2) is 4.76. The van der Waals surface area contributed by atoms with Crippen molar-refractivity contribution in [3.8, 4) is 0 Å². The number of nitrogens with one attached hydrogen (secondary N) is 1. The van der Waals surface area contributed by atoms with Gasteiger partial charge in [0.2, 0.25) is 5.82 Å². The van der Waals surface area contributed by atoms with Gasteiger partial charge in [-0.3, -0.25) is 0 Å². The fourth-order valence-corrected chi connectivity index (χ4v) is 2.18. The Morgan fingerprint density at radius 2 is 1.95 bits per heavy atom. The summed E-state index contributed by atoms with van der Waals surface area (Å²) in [7, 11) is 0. The summed E-state index contributed by atoms with van der Waals surface area (Å²) in [5.74, 6) is 4.94. The number of halogens is 3. The summed E-state index contributed by atoms with van der Waals surface area (Å²) in [6.07, 6.45) is -0.284. The quantitative estimate of drug-likeness (QED) is 0.641. The van der Waals surface area contributed by atoms with Crippen molar-refractivity contribution in [1.29, 1.82) is 0 Å². The molecule has 0 atom stereocenters. The Morgan fingerprint density at radius 3 is 2.45 bits per heavy atom. The summed E-state index contributed by atoms with van der Waals surface area (Å²) in [5.41, 5.74) is 2.19. The highest BCUT2D eigenvalue weighted by molar-refractivity contribution is 5.51. The summed E-state index contributed by atoms with van der Waals surface area (Å²) < 4.78 is 38.5. The highest BCUT2D eigenvalue weighted by atomic mass is 19.4. The van der Waals surface area contributed by atoms with E-state index in [0.717, 1.165) is 32.2 Å². The summed E-state index contributed by atoms with van der Waals surface area (Å²) in [6.45, 7) is 0.767. The molecule has 1 heterocycles. The van der Waals surface area contributed by atoms with Crippen LogP contribution in [0.5, 0.6) is 0 Å². The maximum Gasteiger partial charge on any atom is 0.451 e. The Labute approximate surface area is 114 Å². The van der Waals surface area contributed by atoms with E-state index in [1.807, 2.05) is 4.90 Å². The van der Waals surface area contributed by atoms with Crippen molar-refractivity contribution in [2.75, 3.05) is 16.9 Å². The van der Waals surface area contributed by atoms with Crippen molar-refractivity contribution in [3.05, 3.63) is 11.9 Å². The summed E-state index contributed by atoms with van der Waals surface area (Å²) >= 11 is 0. The van der Waals surface area contributed by atoms with Gasteiger partial charge in [0, 0.05) is 18.7 Å². The lowest BCUT2D eigenvalue weighted by atomic mass is 10.3. The molecule has 0 unspecified atom stereocenters. The SMILES string of the molecule is NNc1cc(N(CC2CC2)C2CC2)nc(C(F)(F)F)n1. The molecule has 3 N–H and O–H groups in total. The number of alkyl halides is 3.